The predicted octanol–water partition coefficient (Wildman–Crippen LogP) is -0.839. The second-order valence-electron chi connectivity index (χ2n) is 2.52. The molecule has 58 valence electrons. The molecule has 0 aromatic heterocycles. The van der Waals surface area contributed by atoms with Gasteiger partial charge in [-0.15, -0.1) is 0 Å². The van der Waals surface area contributed by atoms with Gasteiger partial charge in [0, 0.05) is 0 Å². The van der Waals surface area contributed by atoms with Gasteiger partial charge in [0.05, 0.1) is 11.8 Å². The monoisotopic (exact) mass is 162 g/mol. The Balaban J connectivity index is 2.91. The molecule has 0 aromatic rings. The van der Waals surface area contributed by atoms with Crippen molar-refractivity contribution in [1.29, 1.82) is 0 Å². The van der Waals surface area contributed by atoms with Gasteiger partial charge >= 0.3 is 0 Å². The highest BCUT2D eigenvalue weighted by atomic mass is 32.2. The summed E-state index contributed by atoms with van der Waals surface area (Å²) in [7, 11) is -2.94. The van der Waals surface area contributed by atoms with Crippen molar-refractivity contribution >= 4 is 15.7 Å². The quantitative estimate of drug-likeness (QED) is 0.505. The molecule has 0 fully saturated rings. The lowest BCUT2D eigenvalue weighted by Gasteiger charge is -2.14. The molecule has 1 rings (SSSR count). The van der Waals surface area contributed by atoms with Crippen LogP contribution >= 0.6 is 0 Å². The first-order valence-corrected chi connectivity index (χ1v) is 4.84. The number of rotatable bonds is 0. The first-order valence-electron chi connectivity index (χ1n) is 3.02. The molecule has 1 aliphatic rings. The van der Waals surface area contributed by atoms with Gasteiger partial charge in [0.15, 0.2) is 9.84 Å². The van der Waals surface area contributed by atoms with Gasteiger partial charge in [0.1, 0.15) is 11.6 Å². The van der Waals surface area contributed by atoms with Gasteiger partial charge in [0.2, 0.25) is 0 Å². The van der Waals surface area contributed by atoms with Crippen LogP contribution in [-0.4, -0.2) is 31.8 Å². The lowest BCUT2D eigenvalue weighted by Crippen LogP contribution is -2.35. The van der Waals surface area contributed by atoms with Gasteiger partial charge in [-0.1, -0.05) is 0 Å². The Labute approximate surface area is 60.1 Å². The summed E-state index contributed by atoms with van der Waals surface area (Å²) in [5.74, 6) is 0.296. The van der Waals surface area contributed by atoms with E-state index in [1.807, 2.05) is 0 Å². The third-order valence-corrected chi connectivity index (χ3v) is 2.98. The van der Waals surface area contributed by atoms with E-state index in [0.29, 0.717) is 0 Å². The number of aliphatic imine (C=N–C) groups is 1. The van der Waals surface area contributed by atoms with Crippen LogP contribution in [-0.2, 0) is 9.84 Å². The Hall–Kier alpha value is -0.580. The third-order valence-electron chi connectivity index (χ3n) is 1.25. The zero-order chi connectivity index (χ0) is 7.78. The molecular formula is C5H10N2O2S. The van der Waals surface area contributed by atoms with E-state index in [9.17, 15) is 8.42 Å². The van der Waals surface area contributed by atoms with Gasteiger partial charge in [0.25, 0.3) is 0 Å². The van der Waals surface area contributed by atoms with Crippen LogP contribution in [0.25, 0.3) is 0 Å². The topological polar surface area (TPSA) is 72.5 Å². The lowest BCUT2D eigenvalue weighted by molar-refractivity contribution is 0.591. The van der Waals surface area contributed by atoms with Crippen LogP contribution in [0.2, 0.25) is 0 Å². The number of nitrogens with two attached hydrogens (primary N) is 1. The fourth-order valence-electron chi connectivity index (χ4n) is 1.01. The molecule has 0 aromatic carbocycles. The molecule has 4 nitrogen and oxygen atoms in total. The molecule has 0 saturated heterocycles. The van der Waals surface area contributed by atoms with Gasteiger partial charge in [-0.3, -0.25) is 4.99 Å². The molecule has 5 heteroatoms. The van der Waals surface area contributed by atoms with E-state index in [1.165, 1.54) is 0 Å². The van der Waals surface area contributed by atoms with Crippen LogP contribution < -0.4 is 5.73 Å². The lowest BCUT2D eigenvalue weighted by atomic mass is 10.4. The summed E-state index contributed by atoms with van der Waals surface area (Å²) < 4.78 is 21.8. The van der Waals surface area contributed by atoms with Crippen molar-refractivity contribution in [2.24, 2.45) is 10.7 Å². The molecule has 2 N–H and O–H groups in total. The van der Waals surface area contributed by atoms with E-state index < -0.39 is 9.84 Å². The normalized spacial score (nSPS) is 31.3. The van der Waals surface area contributed by atoms with E-state index in [-0.39, 0.29) is 23.4 Å². The number of hydrogen-bond acceptors (Lipinski definition) is 4. The van der Waals surface area contributed by atoms with Crippen LogP contribution in [0.1, 0.15) is 6.92 Å². The molecule has 0 aliphatic carbocycles. The van der Waals surface area contributed by atoms with Crippen LogP contribution in [0, 0.1) is 0 Å². The van der Waals surface area contributed by atoms with E-state index in [1.54, 1.807) is 6.92 Å². The Bertz CT molecular complexity index is 255. The minimum Gasteiger partial charge on any atom is -0.387 e. The molecular weight excluding hydrogens is 152 g/mol. The third kappa shape index (κ3) is 1.70. The van der Waals surface area contributed by atoms with Crippen molar-refractivity contribution in [3.63, 3.8) is 0 Å². The second kappa shape index (κ2) is 2.23. The summed E-state index contributed by atoms with van der Waals surface area (Å²) in [6.07, 6.45) is 0. The maximum absolute atomic E-state index is 10.9. The molecule has 1 aliphatic heterocycles. The van der Waals surface area contributed by atoms with Crippen molar-refractivity contribution in [2.45, 2.75) is 13.0 Å². The highest BCUT2D eigenvalue weighted by Gasteiger charge is 2.21. The van der Waals surface area contributed by atoms with Crippen LogP contribution in [0.4, 0.5) is 0 Å². The van der Waals surface area contributed by atoms with Gasteiger partial charge in [-0.05, 0) is 6.92 Å². The van der Waals surface area contributed by atoms with Crippen LogP contribution in [0.5, 0.6) is 0 Å². The Morgan fingerprint density at radius 1 is 1.70 bits per heavy atom. The summed E-state index contributed by atoms with van der Waals surface area (Å²) in [5.41, 5.74) is 5.27. The molecule has 1 heterocycles. The molecule has 0 spiro atoms. The summed E-state index contributed by atoms with van der Waals surface area (Å²) in [4.78, 5) is 3.89. The number of hydrogen-bond donors (Lipinski definition) is 1. The standard InChI is InChI=1S/C5H10N2O2S/c1-4-2-10(8,9)3-5(6)7-4/h4H,2-3H2,1H3,(H2,6,7). The molecule has 10 heavy (non-hydrogen) atoms. The fourth-order valence-corrected chi connectivity index (χ4v) is 2.46. The molecule has 1 unspecified atom stereocenters. The van der Waals surface area contributed by atoms with Gasteiger partial charge < -0.3 is 5.73 Å². The fraction of sp³-hybridized carbons (Fsp3) is 0.800. The zero-order valence-corrected chi connectivity index (χ0v) is 6.56. The first-order chi connectivity index (χ1) is 4.49. The van der Waals surface area contributed by atoms with Gasteiger partial charge in [-0.2, -0.15) is 0 Å². The largest absolute Gasteiger partial charge is 0.387 e. The van der Waals surface area contributed by atoms with Crippen LogP contribution in [0.15, 0.2) is 4.99 Å². The molecule has 0 radical (unpaired) electrons. The predicted molar refractivity (Wildman–Crippen MR) is 39.7 cm³/mol. The van der Waals surface area contributed by atoms with E-state index in [2.05, 4.69) is 4.99 Å². The van der Waals surface area contributed by atoms with Crippen molar-refractivity contribution in [2.75, 3.05) is 11.5 Å². The summed E-state index contributed by atoms with van der Waals surface area (Å²) in [6.45, 7) is 1.74. The van der Waals surface area contributed by atoms with E-state index >= 15 is 0 Å². The molecule has 0 bridgehead atoms. The Kier molecular flexibility index (Phi) is 1.68. The number of sulfone groups is 1. The maximum Gasteiger partial charge on any atom is 0.159 e. The van der Waals surface area contributed by atoms with Crippen LogP contribution in [0.3, 0.4) is 0 Å². The molecule has 1 atom stereocenters. The van der Waals surface area contributed by atoms with E-state index in [4.69, 9.17) is 5.73 Å². The minimum atomic E-state index is -2.94. The molecule has 0 saturated carbocycles. The van der Waals surface area contributed by atoms with E-state index in [0.717, 1.165) is 0 Å². The Morgan fingerprint density at radius 3 is 2.70 bits per heavy atom. The average Bonchev–Trinajstić information content (AvgIpc) is 1.54. The smallest absolute Gasteiger partial charge is 0.159 e. The minimum absolute atomic E-state index is 0.0721. The maximum atomic E-state index is 10.9. The molecule has 0 amide bonds. The summed E-state index contributed by atoms with van der Waals surface area (Å²) in [6, 6.07) is -0.168. The Morgan fingerprint density at radius 2 is 2.30 bits per heavy atom. The van der Waals surface area contributed by atoms with Crippen molar-refractivity contribution in [1.82, 2.24) is 0 Å². The summed E-state index contributed by atoms with van der Waals surface area (Å²) in [5, 5.41) is 0. The summed E-state index contributed by atoms with van der Waals surface area (Å²) >= 11 is 0. The van der Waals surface area contributed by atoms with Gasteiger partial charge in [-0.25, -0.2) is 8.42 Å². The van der Waals surface area contributed by atoms with Crippen molar-refractivity contribution in [3.8, 4) is 0 Å². The SMILES string of the molecule is CC1CS(=O)(=O)CC(N)=N1. The number of nitrogens with zero attached hydrogens (tertiary/aromatic N) is 1. The zero-order valence-electron chi connectivity index (χ0n) is 5.74. The van der Waals surface area contributed by atoms with Crippen molar-refractivity contribution in [3.05, 3.63) is 0 Å². The highest BCUT2D eigenvalue weighted by Crippen LogP contribution is 2.04. The second-order valence-corrected chi connectivity index (χ2v) is 4.63. The first kappa shape index (κ1) is 7.53. The number of amidine groups is 1. The average molecular weight is 162 g/mol. The highest BCUT2D eigenvalue weighted by molar-refractivity contribution is 7.92. The van der Waals surface area contributed by atoms with Crippen molar-refractivity contribution < 1.29 is 8.42 Å².